The Morgan fingerprint density at radius 2 is 1.50 bits per heavy atom. The van der Waals surface area contributed by atoms with Gasteiger partial charge in [-0.25, -0.2) is 4.99 Å². The van der Waals surface area contributed by atoms with E-state index in [9.17, 15) is 0 Å². The van der Waals surface area contributed by atoms with E-state index in [2.05, 4.69) is 60.4 Å². The summed E-state index contributed by atoms with van der Waals surface area (Å²) in [5.74, 6) is 2.62. The second-order valence-corrected chi connectivity index (χ2v) is 8.45. The average Bonchev–Trinajstić information content (AvgIpc) is 2.52. The van der Waals surface area contributed by atoms with Crippen molar-refractivity contribution in [2.75, 3.05) is 13.2 Å². The van der Waals surface area contributed by atoms with Crippen LogP contribution in [0.5, 0.6) is 0 Å². The first-order valence-corrected chi connectivity index (χ1v) is 10.1. The van der Waals surface area contributed by atoms with E-state index >= 15 is 0 Å². The lowest BCUT2D eigenvalue weighted by atomic mass is 9.61. The van der Waals surface area contributed by atoms with E-state index in [4.69, 9.17) is 10.5 Å². The van der Waals surface area contributed by atoms with Gasteiger partial charge < -0.3 is 10.5 Å². The van der Waals surface area contributed by atoms with Crippen LogP contribution in [0.15, 0.2) is 4.99 Å². The number of hydrogen-bond donors (Lipinski definition) is 1. The zero-order valence-corrected chi connectivity index (χ0v) is 17.7. The van der Waals surface area contributed by atoms with E-state index in [0.29, 0.717) is 36.3 Å². The summed E-state index contributed by atoms with van der Waals surface area (Å²) in [4.78, 5) is 4.35. The number of ether oxygens (including phenoxy) is 1. The Labute approximate surface area is 151 Å². The molecule has 2 N–H and O–H groups in total. The summed E-state index contributed by atoms with van der Waals surface area (Å²) in [5.41, 5.74) is 6.17. The van der Waals surface area contributed by atoms with Gasteiger partial charge in [0.05, 0.1) is 6.61 Å². The smallest absolute Gasteiger partial charge is 0.281 e. The van der Waals surface area contributed by atoms with Crippen LogP contribution >= 0.6 is 0 Å². The van der Waals surface area contributed by atoms with Gasteiger partial charge in [-0.3, -0.25) is 0 Å². The Bertz CT molecular complexity index is 336. The Hall–Kier alpha value is -0.730. The number of hydrogen-bond acceptors (Lipinski definition) is 2. The molecule has 0 rings (SSSR count). The van der Waals surface area contributed by atoms with Crippen molar-refractivity contribution < 1.29 is 4.74 Å². The topological polar surface area (TPSA) is 47.6 Å². The number of nitrogens with two attached hydrogens (primary N) is 1. The summed E-state index contributed by atoms with van der Waals surface area (Å²) in [5, 5.41) is 0. The van der Waals surface area contributed by atoms with Gasteiger partial charge in [-0.15, -0.1) is 0 Å². The van der Waals surface area contributed by atoms with Gasteiger partial charge >= 0.3 is 0 Å². The van der Waals surface area contributed by atoms with Crippen molar-refractivity contribution in [2.45, 2.75) is 87.5 Å². The Morgan fingerprint density at radius 1 is 0.958 bits per heavy atom. The maximum absolute atomic E-state index is 5.92. The highest BCUT2D eigenvalue weighted by atomic mass is 16.5. The second kappa shape index (κ2) is 11.8. The normalized spacial score (nSPS) is 17.8. The monoisotopic (exact) mass is 340 g/mol. The standard InChI is InChI=1S/C21H44N2O/c1-9-10-11-12-14-23-20(22)24-15-13-21(8,18(6)16(2)3)19(7)17(4)5/h16-19H,9-15H2,1-8H3,(H2,22,23). The minimum absolute atomic E-state index is 0.254. The van der Waals surface area contributed by atoms with Crippen molar-refractivity contribution in [2.24, 2.45) is 39.8 Å². The fraction of sp³-hybridized carbons (Fsp3) is 0.952. The molecule has 0 aromatic carbocycles. The third-order valence-electron chi connectivity index (χ3n) is 6.25. The van der Waals surface area contributed by atoms with Crippen LogP contribution in [0.3, 0.4) is 0 Å². The minimum atomic E-state index is 0.254. The highest BCUT2D eigenvalue weighted by molar-refractivity contribution is 5.71. The zero-order chi connectivity index (χ0) is 18.8. The summed E-state index contributed by atoms with van der Waals surface area (Å²) in [7, 11) is 0. The number of amidine groups is 1. The van der Waals surface area contributed by atoms with Crippen molar-refractivity contribution in [3.8, 4) is 0 Å². The molecule has 0 aromatic heterocycles. The number of aliphatic imine (C=N–C) groups is 1. The maximum atomic E-state index is 5.92. The van der Waals surface area contributed by atoms with Crippen LogP contribution in [0.1, 0.15) is 87.5 Å². The molecule has 0 aliphatic heterocycles. The van der Waals surface area contributed by atoms with Gasteiger partial charge in [0.1, 0.15) is 0 Å². The van der Waals surface area contributed by atoms with Crippen LogP contribution in [0.4, 0.5) is 0 Å². The molecule has 0 aliphatic carbocycles. The van der Waals surface area contributed by atoms with E-state index in [1.807, 2.05) is 0 Å². The van der Waals surface area contributed by atoms with E-state index in [1.54, 1.807) is 0 Å². The van der Waals surface area contributed by atoms with Gasteiger partial charge in [0.2, 0.25) is 0 Å². The molecule has 2 unspecified atom stereocenters. The van der Waals surface area contributed by atoms with Crippen LogP contribution in [0.2, 0.25) is 0 Å². The molecule has 0 aliphatic rings. The van der Waals surface area contributed by atoms with Gasteiger partial charge in [-0.05, 0) is 41.9 Å². The van der Waals surface area contributed by atoms with Crippen LogP contribution < -0.4 is 5.73 Å². The predicted octanol–water partition coefficient (Wildman–Crippen LogP) is 5.88. The lowest BCUT2D eigenvalue weighted by molar-refractivity contribution is 0.0280. The SMILES string of the molecule is CCCCCCN=C(N)OCCC(C)(C(C)C(C)C)C(C)C(C)C. The van der Waals surface area contributed by atoms with Crippen molar-refractivity contribution in [3.05, 3.63) is 0 Å². The zero-order valence-electron chi connectivity index (χ0n) is 17.7. The van der Waals surface area contributed by atoms with E-state index in [0.717, 1.165) is 19.4 Å². The van der Waals surface area contributed by atoms with Crippen molar-refractivity contribution in [1.82, 2.24) is 0 Å². The summed E-state index contributed by atoms with van der Waals surface area (Å²) in [6.07, 6.45) is 5.87. The lowest BCUT2D eigenvalue weighted by Gasteiger charge is -2.45. The van der Waals surface area contributed by atoms with Crippen LogP contribution in [-0.2, 0) is 4.74 Å². The Kier molecular flexibility index (Phi) is 11.4. The van der Waals surface area contributed by atoms with Gasteiger partial charge in [-0.1, -0.05) is 74.7 Å². The molecule has 3 nitrogen and oxygen atoms in total. The predicted molar refractivity (Wildman–Crippen MR) is 107 cm³/mol. The third-order valence-corrected chi connectivity index (χ3v) is 6.25. The molecule has 0 saturated carbocycles. The molecule has 0 radical (unpaired) electrons. The first-order valence-electron chi connectivity index (χ1n) is 10.1. The largest absolute Gasteiger partial charge is 0.465 e. The van der Waals surface area contributed by atoms with E-state index < -0.39 is 0 Å². The number of unbranched alkanes of at least 4 members (excludes halogenated alkanes) is 3. The molecule has 0 aromatic rings. The van der Waals surface area contributed by atoms with E-state index in [1.165, 1.54) is 19.3 Å². The molecular formula is C21H44N2O. The molecule has 0 amide bonds. The van der Waals surface area contributed by atoms with Crippen LogP contribution in [0, 0.1) is 29.1 Å². The maximum Gasteiger partial charge on any atom is 0.281 e. The minimum Gasteiger partial charge on any atom is -0.465 e. The Balaban J connectivity index is 4.54. The molecule has 24 heavy (non-hydrogen) atoms. The van der Waals surface area contributed by atoms with Gasteiger partial charge in [0.15, 0.2) is 0 Å². The quantitative estimate of drug-likeness (QED) is 0.274. The van der Waals surface area contributed by atoms with Crippen molar-refractivity contribution in [1.29, 1.82) is 0 Å². The number of rotatable bonds is 12. The first kappa shape index (κ1) is 23.3. The van der Waals surface area contributed by atoms with Gasteiger partial charge in [0, 0.05) is 6.54 Å². The molecular weight excluding hydrogens is 296 g/mol. The van der Waals surface area contributed by atoms with Crippen molar-refractivity contribution >= 4 is 6.02 Å². The molecule has 0 fully saturated rings. The molecule has 2 atom stereocenters. The highest BCUT2D eigenvalue weighted by Gasteiger charge is 2.39. The molecule has 144 valence electrons. The van der Waals surface area contributed by atoms with Crippen LogP contribution in [-0.4, -0.2) is 19.2 Å². The summed E-state index contributed by atoms with van der Waals surface area (Å²) in [6.45, 7) is 20.1. The second-order valence-electron chi connectivity index (χ2n) is 8.45. The van der Waals surface area contributed by atoms with Gasteiger partial charge in [-0.2, -0.15) is 0 Å². The lowest BCUT2D eigenvalue weighted by Crippen LogP contribution is -2.39. The van der Waals surface area contributed by atoms with Gasteiger partial charge in [0.25, 0.3) is 6.02 Å². The highest BCUT2D eigenvalue weighted by Crippen LogP contribution is 2.45. The summed E-state index contributed by atoms with van der Waals surface area (Å²) in [6, 6.07) is 0.364. The fourth-order valence-electron chi connectivity index (χ4n) is 3.54. The third kappa shape index (κ3) is 7.90. The fourth-order valence-corrected chi connectivity index (χ4v) is 3.54. The first-order chi connectivity index (χ1) is 11.2. The molecule has 0 spiro atoms. The molecule has 0 heterocycles. The van der Waals surface area contributed by atoms with Crippen molar-refractivity contribution in [3.63, 3.8) is 0 Å². The summed E-state index contributed by atoms with van der Waals surface area (Å²) < 4.78 is 5.73. The Morgan fingerprint density at radius 3 is 1.96 bits per heavy atom. The average molecular weight is 341 g/mol. The van der Waals surface area contributed by atoms with Crippen LogP contribution in [0.25, 0.3) is 0 Å². The summed E-state index contributed by atoms with van der Waals surface area (Å²) >= 11 is 0. The molecule has 0 saturated heterocycles. The number of nitrogens with zero attached hydrogens (tertiary/aromatic N) is 1. The molecule has 0 bridgehead atoms. The molecule has 3 heteroatoms. The van der Waals surface area contributed by atoms with E-state index in [-0.39, 0.29) is 5.41 Å².